The number of hydrogen-bond donors (Lipinski definition) is 1. The molecule has 0 bridgehead atoms. The zero-order chi connectivity index (χ0) is 18.4. The Morgan fingerprint density at radius 2 is 1.88 bits per heavy atom. The molecule has 3 nitrogen and oxygen atoms in total. The fraction of sp³-hybridized carbons (Fsp3) is 0.381. The zero-order valence-electron chi connectivity index (χ0n) is 14.8. The SMILES string of the molecule is O=C(CCN1CCC(Cc2ccccc2)CC1)Nc1ccc(F)c(Cl)c1. The second-order valence-electron chi connectivity index (χ2n) is 6.90. The minimum Gasteiger partial charge on any atom is -0.326 e. The van der Waals surface area contributed by atoms with E-state index in [1.54, 1.807) is 0 Å². The molecule has 0 aliphatic carbocycles. The Bertz CT molecular complexity index is 730. The van der Waals surface area contributed by atoms with Gasteiger partial charge in [-0.15, -0.1) is 0 Å². The number of nitrogens with zero attached hydrogens (tertiary/aromatic N) is 1. The van der Waals surface area contributed by atoms with E-state index < -0.39 is 5.82 Å². The van der Waals surface area contributed by atoms with E-state index in [0.717, 1.165) is 32.0 Å². The van der Waals surface area contributed by atoms with Crippen molar-refractivity contribution < 1.29 is 9.18 Å². The highest BCUT2D eigenvalue weighted by atomic mass is 35.5. The largest absolute Gasteiger partial charge is 0.326 e. The first kappa shape index (κ1) is 18.9. The number of carbonyl (C=O) groups excluding carboxylic acids is 1. The second kappa shape index (κ2) is 9.15. The lowest BCUT2D eigenvalue weighted by Crippen LogP contribution is -2.36. The first-order valence-electron chi connectivity index (χ1n) is 9.11. The van der Waals surface area contributed by atoms with Crippen LogP contribution in [0.3, 0.4) is 0 Å². The summed E-state index contributed by atoms with van der Waals surface area (Å²) in [7, 11) is 0. The van der Waals surface area contributed by atoms with Gasteiger partial charge >= 0.3 is 0 Å². The number of amides is 1. The average molecular weight is 375 g/mol. The van der Waals surface area contributed by atoms with Crippen molar-refractivity contribution in [1.82, 2.24) is 4.90 Å². The van der Waals surface area contributed by atoms with Crippen LogP contribution in [0.15, 0.2) is 48.5 Å². The predicted octanol–water partition coefficient (Wildman–Crippen LogP) is 4.76. The lowest BCUT2D eigenvalue weighted by atomic mass is 9.90. The fourth-order valence-corrected chi connectivity index (χ4v) is 3.60. The van der Waals surface area contributed by atoms with Crippen LogP contribution in [0.1, 0.15) is 24.8 Å². The fourth-order valence-electron chi connectivity index (χ4n) is 3.42. The van der Waals surface area contributed by atoms with Crippen molar-refractivity contribution in [3.8, 4) is 0 Å². The van der Waals surface area contributed by atoms with Gasteiger partial charge in [-0.3, -0.25) is 4.79 Å². The third kappa shape index (κ3) is 5.55. The lowest BCUT2D eigenvalue weighted by molar-refractivity contribution is -0.116. The normalized spacial score (nSPS) is 15.8. The van der Waals surface area contributed by atoms with Crippen molar-refractivity contribution >= 4 is 23.2 Å². The van der Waals surface area contributed by atoms with Crippen LogP contribution in [0.4, 0.5) is 10.1 Å². The first-order chi connectivity index (χ1) is 12.6. The molecule has 1 amide bonds. The number of hydrogen-bond acceptors (Lipinski definition) is 2. The van der Waals surface area contributed by atoms with Crippen molar-refractivity contribution in [2.75, 3.05) is 25.0 Å². The van der Waals surface area contributed by atoms with Gasteiger partial charge in [-0.25, -0.2) is 4.39 Å². The number of piperidine rings is 1. The van der Waals surface area contributed by atoms with Gasteiger partial charge in [0.1, 0.15) is 5.82 Å². The van der Waals surface area contributed by atoms with Gasteiger partial charge in [0.2, 0.25) is 5.91 Å². The van der Waals surface area contributed by atoms with E-state index in [-0.39, 0.29) is 10.9 Å². The summed E-state index contributed by atoms with van der Waals surface area (Å²) >= 11 is 5.73. The molecule has 1 N–H and O–H groups in total. The maximum atomic E-state index is 13.1. The molecule has 0 spiro atoms. The number of carbonyl (C=O) groups is 1. The summed E-state index contributed by atoms with van der Waals surface area (Å²) in [6, 6.07) is 14.8. The number of anilines is 1. The molecule has 0 saturated carbocycles. The van der Waals surface area contributed by atoms with Crippen molar-refractivity contribution in [2.45, 2.75) is 25.7 Å². The van der Waals surface area contributed by atoms with Crippen LogP contribution in [0.2, 0.25) is 5.02 Å². The van der Waals surface area contributed by atoms with Crippen LogP contribution in [0, 0.1) is 11.7 Å². The summed E-state index contributed by atoms with van der Waals surface area (Å²) in [4.78, 5) is 14.4. The molecule has 0 radical (unpaired) electrons. The van der Waals surface area contributed by atoms with Crippen LogP contribution in [0.5, 0.6) is 0 Å². The zero-order valence-corrected chi connectivity index (χ0v) is 15.5. The Kier molecular flexibility index (Phi) is 6.64. The molecule has 3 rings (SSSR count). The molecular weight excluding hydrogens is 351 g/mol. The van der Waals surface area contributed by atoms with Gasteiger partial charge < -0.3 is 10.2 Å². The molecule has 1 aliphatic rings. The number of benzene rings is 2. The van der Waals surface area contributed by atoms with E-state index in [1.807, 2.05) is 0 Å². The molecule has 0 unspecified atom stereocenters. The minimum absolute atomic E-state index is 0.0169. The van der Waals surface area contributed by atoms with Gasteiger partial charge in [0.05, 0.1) is 5.02 Å². The molecule has 5 heteroatoms. The number of likely N-dealkylation sites (tertiary alicyclic amines) is 1. The molecule has 1 fully saturated rings. The van der Waals surface area contributed by atoms with Gasteiger partial charge in [-0.05, 0) is 62.0 Å². The molecular formula is C21H24ClFN2O. The van der Waals surface area contributed by atoms with E-state index in [1.165, 1.54) is 36.6 Å². The Morgan fingerprint density at radius 1 is 1.15 bits per heavy atom. The number of rotatable bonds is 6. The summed E-state index contributed by atoms with van der Waals surface area (Å²) in [5.74, 6) is 0.172. The molecule has 2 aromatic carbocycles. The van der Waals surface area contributed by atoms with Crippen molar-refractivity contribution in [1.29, 1.82) is 0 Å². The number of nitrogens with one attached hydrogen (secondary N) is 1. The second-order valence-corrected chi connectivity index (χ2v) is 7.31. The third-order valence-electron chi connectivity index (χ3n) is 4.93. The molecule has 1 aliphatic heterocycles. The molecule has 138 valence electrons. The summed E-state index contributed by atoms with van der Waals surface area (Å²) in [5.41, 5.74) is 1.94. The quantitative estimate of drug-likeness (QED) is 0.790. The summed E-state index contributed by atoms with van der Waals surface area (Å²) < 4.78 is 13.1. The topological polar surface area (TPSA) is 32.3 Å². The van der Waals surface area contributed by atoms with Crippen molar-refractivity contribution in [3.63, 3.8) is 0 Å². The third-order valence-corrected chi connectivity index (χ3v) is 5.22. The molecule has 0 atom stereocenters. The van der Waals surface area contributed by atoms with E-state index in [2.05, 4.69) is 40.5 Å². The average Bonchev–Trinajstić information content (AvgIpc) is 2.65. The van der Waals surface area contributed by atoms with E-state index >= 15 is 0 Å². The Hall–Kier alpha value is -1.91. The minimum atomic E-state index is -0.483. The summed E-state index contributed by atoms with van der Waals surface area (Å²) in [5, 5.41) is 2.79. The predicted molar refractivity (Wildman–Crippen MR) is 104 cm³/mol. The van der Waals surface area contributed by atoms with Gasteiger partial charge in [-0.1, -0.05) is 41.9 Å². The monoisotopic (exact) mass is 374 g/mol. The van der Waals surface area contributed by atoms with Crippen LogP contribution in [0.25, 0.3) is 0 Å². The maximum Gasteiger partial charge on any atom is 0.225 e. The highest BCUT2D eigenvalue weighted by Gasteiger charge is 2.19. The van der Waals surface area contributed by atoms with Gasteiger partial charge in [0, 0.05) is 18.7 Å². The smallest absolute Gasteiger partial charge is 0.225 e. The van der Waals surface area contributed by atoms with E-state index in [0.29, 0.717) is 12.1 Å². The first-order valence-corrected chi connectivity index (χ1v) is 9.49. The van der Waals surface area contributed by atoms with Crippen LogP contribution in [-0.2, 0) is 11.2 Å². The Balaban J connectivity index is 1.38. The van der Waals surface area contributed by atoms with Crippen molar-refractivity contribution in [3.05, 3.63) is 64.9 Å². The van der Waals surface area contributed by atoms with Gasteiger partial charge in [-0.2, -0.15) is 0 Å². The molecule has 1 saturated heterocycles. The highest BCUT2D eigenvalue weighted by molar-refractivity contribution is 6.31. The summed E-state index contributed by atoms with van der Waals surface area (Å²) in [6.07, 6.45) is 3.91. The highest BCUT2D eigenvalue weighted by Crippen LogP contribution is 2.22. The summed E-state index contributed by atoms with van der Waals surface area (Å²) in [6.45, 7) is 2.82. The van der Waals surface area contributed by atoms with Crippen LogP contribution in [-0.4, -0.2) is 30.4 Å². The van der Waals surface area contributed by atoms with Crippen molar-refractivity contribution in [2.24, 2.45) is 5.92 Å². The van der Waals surface area contributed by atoms with Gasteiger partial charge in [0.15, 0.2) is 0 Å². The lowest BCUT2D eigenvalue weighted by Gasteiger charge is -2.31. The van der Waals surface area contributed by atoms with E-state index in [4.69, 9.17) is 11.6 Å². The van der Waals surface area contributed by atoms with Crippen LogP contribution < -0.4 is 5.32 Å². The molecule has 0 aromatic heterocycles. The standard InChI is InChI=1S/C21H24ClFN2O/c22-19-15-18(6-7-20(19)23)24-21(26)10-13-25-11-8-17(9-12-25)14-16-4-2-1-3-5-16/h1-7,15,17H,8-14H2,(H,24,26). The molecule has 1 heterocycles. The number of halogens is 2. The van der Waals surface area contributed by atoms with Crippen LogP contribution >= 0.6 is 11.6 Å². The Morgan fingerprint density at radius 3 is 2.58 bits per heavy atom. The molecule has 2 aromatic rings. The van der Waals surface area contributed by atoms with E-state index in [9.17, 15) is 9.18 Å². The Labute approximate surface area is 159 Å². The molecule has 26 heavy (non-hydrogen) atoms. The van der Waals surface area contributed by atoms with Gasteiger partial charge in [0.25, 0.3) is 0 Å². The maximum absolute atomic E-state index is 13.1.